The van der Waals surface area contributed by atoms with Crippen molar-refractivity contribution in [3.63, 3.8) is 0 Å². The molecule has 0 bridgehead atoms. The van der Waals surface area contributed by atoms with E-state index < -0.39 is 0 Å². The lowest BCUT2D eigenvalue weighted by Gasteiger charge is -2.10. The van der Waals surface area contributed by atoms with Crippen molar-refractivity contribution in [2.45, 2.75) is 53.4 Å². The number of ether oxygens (including phenoxy) is 1. The summed E-state index contributed by atoms with van der Waals surface area (Å²) in [5, 5.41) is 0. The van der Waals surface area contributed by atoms with Crippen molar-refractivity contribution >= 4 is 5.91 Å². The summed E-state index contributed by atoms with van der Waals surface area (Å²) >= 11 is 0. The van der Waals surface area contributed by atoms with E-state index in [9.17, 15) is 4.79 Å². The number of rotatable bonds is 10. The van der Waals surface area contributed by atoms with E-state index in [0.717, 1.165) is 31.4 Å². The van der Waals surface area contributed by atoms with E-state index in [2.05, 4.69) is 45.9 Å². The normalized spacial score (nSPS) is 11.9. The topological polar surface area (TPSA) is 29.5 Å². The van der Waals surface area contributed by atoms with E-state index in [1.54, 1.807) is 31.1 Å². The molecule has 0 fully saturated rings. The van der Waals surface area contributed by atoms with Gasteiger partial charge in [-0.15, -0.1) is 0 Å². The molecule has 1 amide bonds. The van der Waals surface area contributed by atoms with Gasteiger partial charge in [-0.3, -0.25) is 4.79 Å². The number of benzene rings is 1. The molecule has 1 rings (SSSR count). The Balaban J connectivity index is 2.36. The summed E-state index contributed by atoms with van der Waals surface area (Å²) in [7, 11) is 3.50. The number of allylic oxidation sites excluding steroid dienone is 5. The van der Waals surface area contributed by atoms with Gasteiger partial charge < -0.3 is 9.64 Å². The third kappa shape index (κ3) is 9.83. The van der Waals surface area contributed by atoms with Crippen molar-refractivity contribution in [3.05, 3.63) is 64.8 Å². The molecule has 0 aliphatic carbocycles. The summed E-state index contributed by atoms with van der Waals surface area (Å²) in [4.78, 5) is 13.4. The van der Waals surface area contributed by atoms with Crippen LogP contribution in [0.2, 0.25) is 0 Å². The fourth-order valence-electron chi connectivity index (χ4n) is 2.57. The van der Waals surface area contributed by atoms with Gasteiger partial charge in [-0.1, -0.05) is 28.9 Å². The van der Waals surface area contributed by atoms with Gasteiger partial charge in [0.15, 0.2) is 0 Å². The quantitative estimate of drug-likeness (QED) is 0.460. The van der Waals surface area contributed by atoms with Crippen LogP contribution in [0.4, 0.5) is 0 Å². The molecule has 0 radical (unpaired) electrons. The van der Waals surface area contributed by atoms with Gasteiger partial charge in [0.2, 0.25) is 0 Å². The molecule has 1 aromatic rings. The van der Waals surface area contributed by atoms with Crippen molar-refractivity contribution in [3.8, 4) is 5.75 Å². The Bertz CT molecular complexity index is 675. The number of carbonyl (C=O) groups is 1. The average molecular weight is 370 g/mol. The maximum Gasteiger partial charge on any atom is 0.253 e. The van der Waals surface area contributed by atoms with Crippen LogP contribution in [0.3, 0.4) is 0 Å². The van der Waals surface area contributed by atoms with Crippen LogP contribution in [-0.2, 0) is 0 Å². The molecule has 27 heavy (non-hydrogen) atoms. The molecule has 1 aromatic carbocycles. The van der Waals surface area contributed by atoms with Crippen LogP contribution in [0.5, 0.6) is 5.75 Å². The lowest BCUT2D eigenvalue weighted by atomic mass is 10.1. The summed E-state index contributed by atoms with van der Waals surface area (Å²) < 4.78 is 5.75. The molecule has 0 aliphatic rings. The number of nitrogens with zero attached hydrogens (tertiary/aromatic N) is 1. The van der Waals surface area contributed by atoms with Crippen molar-refractivity contribution in [2.75, 3.05) is 20.7 Å². The highest BCUT2D eigenvalue weighted by Crippen LogP contribution is 2.14. The zero-order valence-corrected chi connectivity index (χ0v) is 17.8. The van der Waals surface area contributed by atoms with Crippen molar-refractivity contribution < 1.29 is 9.53 Å². The Hall–Kier alpha value is -2.29. The molecule has 148 valence electrons. The molecule has 0 saturated carbocycles. The Morgan fingerprint density at radius 2 is 1.44 bits per heavy atom. The number of hydrogen-bond donors (Lipinski definition) is 0. The van der Waals surface area contributed by atoms with Crippen LogP contribution >= 0.6 is 0 Å². The monoisotopic (exact) mass is 369 g/mol. The summed E-state index contributed by atoms with van der Waals surface area (Å²) in [6, 6.07) is 7.30. The van der Waals surface area contributed by atoms with E-state index in [-0.39, 0.29) is 5.91 Å². The van der Waals surface area contributed by atoms with Crippen LogP contribution < -0.4 is 4.74 Å². The van der Waals surface area contributed by atoms with E-state index >= 15 is 0 Å². The minimum Gasteiger partial charge on any atom is -0.490 e. The van der Waals surface area contributed by atoms with Crippen LogP contribution in [0.25, 0.3) is 0 Å². The van der Waals surface area contributed by atoms with Crippen molar-refractivity contribution in [1.82, 2.24) is 4.90 Å². The van der Waals surface area contributed by atoms with E-state index in [1.165, 1.54) is 16.7 Å². The second-order valence-electron chi connectivity index (χ2n) is 7.49. The van der Waals surface area contributed by atoms with Gasteiger partial charge in [-0.2, -0.15) is 0 Å². The van der Waals surface area contributed by atoms with Crippen LogP contribution in [0, 0.1) is 0 Å². The Labute approximate surface area is 165 Å². The third-order valence-electron chi connectivity index (χ3n) is 4.31. The molecule has 0 aliphatic heterocycles. The van der Waals surface area contributed by atoms with E-state index in [4.69, 9.17) is 4.74 Å². The van der Waals surface area contributed by atoms with Crippen molar-refractivity contribution in [1.29, 1.82) is 0 Å². The fraction of sp³-hybridized carbons (Fsp3) is 0.458. The van der Waals surface area contributed by atoms with Gasteiger partial charge in [0.1, 0.15) is 12.4 Å². The third-order valence-corrected chi connectivity index (χ3v) is 4.31. The van der Waals surface area contributed by atoms with Gasteiger partial charge in [0, 0.05) is 19.7 Å². The Morgan fingerprint density at radius 1 is 0.889 bits per heavy atom. The van der Waals surface area contributed by atoms with Crippen LogP contribution in [0.15, 0.2) is 59.2 Å². The predicted octanol–water partition coefficient (Wildman–Crippen LogP) is 6.19. The molecule has 0 N–H and O–H groups in total. The standard InChI is InChI=1S/C24H35NO2/c1-19(2)9-7-10-20(3)11-8-12-21(4)17-18-27-23-15-13-22(14-16-23)24(26)25(5)6/h9,11,13-17H,7-8,10,12,18H2,1-6H3. The summed E-state index contributed by atoms with van der Waals surface area (Å²) in [6.45, 7) is 9.20. The zero-order valence-electron chi connectivity index (χ0n) is 17.8. The van der Waals surface area contributed by atoms with Gasteiger partial charge in [0.05, 0.1) is 0 Å². The smallest absolute Gasteiger partial charge is 0.253 e. The number of carbonyl (C=O) groups excluding carboxylic acids is 1. The number of hydrogen-bond acceptors (Lipinski definition) is 2. The van der Waals surface area contributed by atoms with Crippen molar-refractivity contribution in [2.24, 2.45) is 0 Å². The van der Waals surface area contributed by atoms with Gasteiger partial charge >= 0.3 is 0 Å². The maximum absolute atomic E-state index is 11.9. The first-order valence-electron chi connectivity index (χ1n) is 9.68. The second kappa shape index (κ2) is 12.2. The first-order chi connectivity index (χ1) is 12.8. The molecule has 0 spiro atoms. The predicted molar refractivity (Wildman–Crippen MR) is 115 cm³/mol. The highest BCUT2D eigenvalue weighted by molar-refractivity contribution is 5.93. The minimum atomic E-state index is 0.00138. The minimum absolute atomic E-state index is 0.00138. The highest BCUT2D eigenvalue weighted by Gasteiger charge is 2.07. The van der Waals surface area contributed by atoms with Gasteiger partial charge in [-0.25, -0.2) is 0 Å². The molecular weight excluding hydrogens is 334 g/mol. The SMILES string of the molecule is CC(C)=CCCC(C)=CCCC(C)=CCOc1ccc(C(=O)N(C)C)cc1. The molecule has 0 aromatic heterocycles. The largest absolute Gasteiger partial charge is 0.490 e. The Kier molecular flexibility index (Phi) is 10.2. The van der Waals surface area contributed by atoms with Crippen LogP contribution in [-0.4, -0.2) is 31.5 Å². The van der Waals surface area contributed by atoms with Gasteiger partial charge in [-0.05, 0) is 83.7 Å². The fourth-order valence-corrected chi connectivity index (χ4v) is 2.57. The molecule has 3 nitrogen and oxygen atoms in total. The highest BCUT2D eigenvalue weighted by atomic mass is 16.5. The van der Waals surface area contributed by atoms with E-state index in [1.807, 2.05) is 12.1 Å². The lowest BCUT2D eigenvalue weighted by molar-refractivity contribution is 0.0827. The number of amides is 1. The summed E-state index contributed by atoms with van der Waals surface area (Å²) in [5.41, 5.74) is 4.86. The molecule has 0 unspecified atom stereocenters. The van der Waals surface area contributed by atoms with Crippen LogP contribution in [0.1, 0.15) is 63.7 Å². The molecule has 0 heterocycles. The lowest BCUT2D eigenvalue weighted by Crippen LogP contribution is -2.21. The van der Waals surface area contributed by atoms with E-state index in [0.29, 0.717) is 12.2 Å². The van der Waals surface area contributed by atoms with Gasteiger partial charge in [0.25, 0.3) is 5.91 Å². The molecule has 3 heteroatoms. The maximum atomic E-state index is 11.9. The summed E-state index contributed by atoms with van der Waals surface area (Å²) in [5.74, 6) is 0.783. The zero-order chi connectivity index (χ0) is 20.2. The molecular formula is C24H35NO2. The summed E-state index contributed by atoms with van der Waals surface area (Å²) in [6.07, 6.45) is 11.2. The first kappa shape index (κ1) is 22.8. The molecule has 0 saturated heterocycles. The average Bonchev–Trinajstić information content (AvgIpc) is 2.61. The first-order valence-corrected chi connectivity index (χ1v) is 9.68. The second-order valence-corrected chi connectivity index (χ2v) is 7.49. The molecule has 0 atom stereocenters. The Morgan fingerprint density at radius 3 is 2.00 bits per heavy atom.